The molecule has 1 aromatic rings. The summed E-state index contributed by atoms with van der Waals surface area (Å²) >= 11 is 0. The van der Waals surface area contributed by atoms with Gasteiger partial charge in [-0.15, -0.1) is 0 Å². The Morgan fingerprint density at radius 3 is 2.80 bits per heavy atom. The van der Waals surface area contributed by atoms with Crippen molar-refractivity contribution in [2.45, 2.75) is 59.1 Å². The number of ether oxygens (including phenoxy) is 1. The normalized spacial score (nSPS) is 24.5. The molecule has 20 heavy (non-hydrogen) atoms. The number of rotatable bonds is 5. The van der Waals surface area contributed by atoms with Crippen LogP contribution in [0.25, 0.3) is 0 Å². The highest BCUT2D eigenvalue weighted by atomic mass is 16.5. The van der Waals surface area contributed by atoms with Gasteiger partial charge in [0.1, 0.15) is 11.6 Å². The maximum Gasteiger partial charge on any atom is 0.252 e. The van der Waals surface area contributed by atoms with E-state index < -0.39 is 0 Å². The van der Waals surface area contributed by atoms with E-state index in [9.17, 15) is 4.79 Å². The molecular weight excluding hydrogens is 254 g/mol. The topological polar surface area (TPSA) is 67.0 Å². The molecule has 0 bridgehead atoms. The van der Waals surface area contributed by atoms with Gasteiger partial charge in [0.05, 0.1) is 6.10 Å². The van der Waals surface area contributed by atoms with Gasteiger partial charge < -0.3 is 15.0 Å². The van der Waals surface area contributed by atoms with E-state index in [1.165, 1.54) is 6.07 Å². The summed E-state index contributed by atoms with van der Waals surface area (Å²) in [5.41, 5.74) is -0.0529. The molecule has 2 rings (SSSR count). The van der Waals surface area contributed by atoms with E-state index in [1.807, 2.05) is 20.8 Å². The molecule has 2 N–H and O–H groups in total. The number of hydrogen-bond donors (Lipinski definition) is 2. The Hall–Kier alpha value is -1.36. The number of H-pyrrole nitrogens is 1. The molecule has 5 heteroatoms. The van der Waals surface area contributed by atoms with Crippen molar-refractivity contribution in [1.82, 2.24) is 9.97 Å². The van der Waals surface area contributed by atoms with Gasteiger partial charge in [-0.25, -0.2) is 4.98 Å². The second-order valence-corrected chi connectivity index (χ2v) is 6.37. The van der Waals surface area contributed by atoms with Crippen molar-refractivity contribution in [3.8, 4) is 0 Å². The van der Waals surface area contributed by atoms with Crippen molar-refractivity contribution in [2.24, 2.45) is 5.41 Å². The molecule has 0 radical (unpaired) electrons. The minimum absolute atomic E-state index is 0.0539. The molecule has 1 fully saturated rings. The molecule has 0 aromatic carbocycles. The van der Waals surface area contributed by atoms with Gasteiger partial charge in [0.2, 0.25) is 0 Å². The molecule has 1 heterocycles. The Morgan fingerprint density at radius 2 is 2.25 bits per heavy atom. The second-order valence-electron chi connectivity index (χ2n) is 6.37. The molecular formula is C15H25N3O2. The maximum absolute atomic E-state index is 11.7. The van der Waals surface area contributed by atoms with Crippen molar-refractivity contribution in [3.05, 3.63) is 22.2 Å². The highest BCUT2D eigenvalue weighted by Crippen LogP contribution is 2.44. The van der Waals surface area contributed by atoms with Crippen molar-refractivity contribution in [2.75, 3.05) is 11.9 Å². The van der Waals surface area contributed by atoms with Crippen molar-refractivity contribution in [3.63, 3.8) is 0 Å². The van der Waals surface area contributed by atoms with Gasteiger partial charge >= 0.3 is 0 Å². The molecule has 112 valence electrons. The summed E-state index contributed by atoms with van der Waals surface area (Å²) < 4.78 is 5.72. The van der Waals surface area contributed by atoms with E-state index in [0.29, 0.717) is 5.82 Å². The summed E-state index contributed by atoms with van der Waals surface area (Å²) in [7, 11) is 0. The van der Waals surface area contributed by atoms with Crippen LogP contribution in [0.3, 0.4) is 0 Å². The lowest BCUT2D eigenvalue weighted by Crippen LogP contribution is -2.58. The number of aromatic amines is 1. The maximum atomic E-state index is 11.7. The minimum Gasteiger partial charge on any atom is -0.378 e. The van der Waals surface area contributed by atoms with E-state index in [0.717, 1.165) is 18.9 Å². The summed E-state index contributed by atoms with van der Waals surface area (Å²) in [6.07, 6.45) is 1.23. The molecule has 1 saturated carbocycles. The van der Waals surface area contributed by atoms with E-state index in [-0.39, 0.29) is 29.0 Å². The standard InChI is InChI=1S/C15H25N3O2/c1-6-20-11-7-10(15(11,4)5)16-12-8-13(19)18-14(17-12)9(2)3/h8-11H,6-7H2,1-5H3,(H2,16,17,18,19). The quantitative estimate of drug-likeness (QED) is 0.869. The molecule has 2 unspecified atom stereocenters. The Balaban J connectivity index is 2.10. The summed E-state index contributed by atoms with van der Waals surface area (Å²) in [5.74, 6) is 1.58. The Bertz CT molecular complexity index is 522. The lowest BCUT2D eigenvalue weighted by atomic mass is 9.64. The lowest BCUT2D eigenvalue weighted by Gasteiger charge is -2.51. The van der Waals surface area contributed by atoms with Crippen molar-refractivity contribution in [1.29, 1.82) is 0 Å². The lowest BCUT2D eigenvalue weighted by molar-refractivity contribution is -0.0976. The molecule has 0 amide bonds. The third-order valence-electron chi connectivity index (χ3n) is 4.17. The first-order chi connectivity index (χ1) is 9.34. The largest absolute Gasteiger partial charge is 0.378 e. The van der Waals surface area contributed by atoms with Crippen LogP contribution >= 0.6 is 0 Å². The van der Waals surface area contributed by atoms with E-state index in [2.05, 4.69) is 29.1 Å². The van der Waals surface area contributed by atoms with E-state index in [4.69, 9.17) is 4.74 Å². The van der Waals surface area contributed by atoms with Gasteiger partial charge in [0, 0.05) is 30.0 Å². The zero-order valence-corrected chi connectivity index (χ0v) is 13.0. The van der Waals surface area contributed by atoms with Crippen LogP contribution in [0.1, 0.15) is 52.8 Å². The number of hydrogen-bond acceptors (Lipinski definition) is 4. The molecule has 0 saturated heterocycles. The fraction of sp³-hybridized carbons (Fsp3) is 0.733. The van der Waals surface area contributed by atoms with Crippen LogP contribution in [-0.4, -0.2) is 28.7 Å². The van der Waals surface area contributed by atoms with Crippen LogP contribution in [0.15, 0.2) is 10.9 Å². The summed E-state index contributed by atoms with van der Waals surface area (Å²) in [6.45, 7) is 11.2. The smallest absolute Gasteiger partial charge is 0.252 e. The zero-order chi connectivity index (χ0) is 14.9. The van der Waals surface area contributed by atoms with Crippen LogP contribution in [0.5, 0.6) is 0 Å². The first-order valence-corrected chi connectivity index (χ1v) is 7.34. The average Bonchev–Trinajstić information content (AvgIpc) is 2.37. The van der Waals surface area contributed by atoms with Gasteiger partial charge in [-0.2, -0.15) is 0 Å². The van der Waals surface area contributed by atoms with Gasteiger partial charge in [0.15, 0.2) is 0 Å². The first kappa shape index (κ1) is 15.0. The number of nitrogens with zero attached hydrogens (tertiary/aromatic N) is 1. The van der Waals surface area contributed by atoms with E-state index in [1.54, 1.807) is 0 Å². The van der Waals surface area contributed by atoms with Gasteiger partial charge in [0.25, 0.3) is 5.56 Å². The van der Waals surface area contributed by atoms with Gasteiger partial charge in [-0.3, -0.25) is 4.79 Å². The molecule has 1 aliphatic rings. The monoisotopic (exact) mass is 279 g/mol. The number of nitrogens with one attached hydrogen (secondary N) is 2. The molecule has 1 aromatic heterocycles. The van der Waals surface area contributed by atoms with Crippen LogP contribution < -0.4 is 10.9 Å². The highest BCUT2D eigenvalue weighted by molar-refractivity contribution is 5.37. The molecule has 0 aliphatic heterocycles. The highest BCUT2D eigenvalue weighted by Gasteiger charge is 2.49. The first-order valence-electron chi connectivity index (χ1n) is 7.34. The SMILES string of the molecule is CCOC1CC(Nc2cc(=O)[nH]c(C(C)C)n2)C1(C)C. The number of aromatic nitrogens is 2. The van der Waals surface area contributed by atoms with Gasteiger partial charge in [-0.05, 0) is 13.3 Å². The number of anilines is 1. The third kappa shape index (κ3) is 2.87. The van der Waals surface area contributed by atoms with Crippen LogP contribution in [0.4, 0.5) is 5.82 Å². The molecule has 5 nitrogen and oxygen atoms in total. The Kier molecular flexibility index (Phi) is 4.18. The van der Waals surface area contributed by atoms with Crippen molar-refractivity contribution < 1.29 is 4.74 Å². The molecule has 1 aliphatic carbocycles. The van der Waals surface area contributed by atoms with Crippen LogP contribution in [-0.2, 0) is 4.74 Å². The van der Waals surface area contributed by atoms with Crippen molar-refractivity contribution >= 4 is 5.82 Å². The molecule has 0 spiro atoms. The minimum atomic E-state index is -0.107. The second kappa shape index (κ2) is 5.56. The zero-order valence-electron chi connectivity index (χ0n) is 13.0. The van der Waals surface area contributed by atoms with Crippen LogP contribution in [0, 0.1) is 5.41 Å². The predicted molar refractivity (Wildman–Crippen MR) is 80.2 cm³/mol. The summed E-state index contributed by atoms with van der Waals surface area (Å²) in [4.78, 5) is 18.9. The Morgan fingerprint density at radius 1 is 1.55 bits per heavy atom. The van der Waals surface area contributed by atoms with Gasteiger partial charge in [-0.1, -0.05) is 27.7 Å². The van der Waals surface area contributed by atoms with E-state index >= 15 is 0 Å². The Labute approximate surface area is 120 Å². The molecule has 2 atom stereocenters. The fourth-order valence-electron chi connectivity index (χ4n) is 2.62. The fourth-order valence-corrected chi connectivity index (χ4v) is 2.62. The summed E-state index contributed by atoms with van der Waals surface area (Å²) in [6, 6.07) is 1.81. The van der Waals surface area contributed by atoms with Crippen LogP contribution in [0.2, 0.25) is 0 Å². The average molecular weight is 279 g/mol. The third-order valence-corrected chi connectivity index (χ3v) is 4.17. The predicted octanol–water partition coefficient (Wildman–Crippen LogP) is 2.51. The summed E-state index contributed by atoms with van der Waals surface area (Å²) in [5, 5.41) is 3.38.